The Hall–Kier alpha value is -2.09. The van der Waals surface area contributed by atoms with E-state index in [0.717, 1.165) is 25.1 Å². The lowest BCUT2D eigenvalue weighted by Gasteiger charge is -2.14. The van der Waals surface area contributed by atoms with Crippen molar-refractivity contribution in [3.05, 3.63) is 24.0 Å². The van der Waals surface area contributed by atoms with Gasteiger partial charge in [0.2, 0.25) is 0 Å². The average molecular weight is 261 g/mol. The van der Waals surface area contributed by atoms with Crippen LogP contribution in [0.1, 0.15) is 38.3 Å². The molecule has 0 aromatic carbocycles. The smallest absolute Gasteiger partial charge is 0.303 e. The minimum Gasteiger partial charge on any atom is -0.481 e. The van der Waals surface area contributed by atoms with E-state index in [1.165, 1.54) is 0 Å². The van der Waals surface area contributed by atoms with Gasteiger partial charge in [-0.15, -0.1) is 0 Å². The maximum Gasteiger partial charge on any atom is 0.303 e. The Balaban J connectivity index is 2.35. The Morgan fingerprint density at radius 2 is 2.37 bits per heavy atom. The fourth-order valence-electron chi connectivity index (χ4n) is 1.90. The van der Waals surface area contributed by atoms with Crippen LogP contribution in [-0.4, -0.2) is 22.6 Å². The van der Waals surface area contributed by atoms with E-state index in [2.05, 4.69) is 17.2 Å². The van der Waals surface area contributed by atoms with Gasteiger partial charge in [-0.05, 0) is 30.9 Å². The minimum absolute atomic E-state index is 0.229. The number of rotatable bonds is 8. The molecule has 0 spiro atoms. The van der Waals surface area contributed by atoms with Crippen LogP contribution in [0.2, 0.25) is 0 Å². The van der Waals surface area contributed by atoms with Crippen LogP contribution in [0.3, 0.4) is 0 Å². The number of nitrogens with one attached hydrogen (secondary N) is 1. The number of carboxylic acid groups (broad SMARTS) is 1. The molecule has 1 aromatic heterocycles. The topological polar surface area (TPSA) is 86.0 Å². The third-order valence-corrected chi connectivity index (χ3v) is 3.10. The number of pyridine rings is 1. The van der Waals surface area contributed by atoms with Crippen LogP contribution < -0.4 is 5.32 Å². The van der Waals surface area contributed by atoms with Crippen molar-refractivity contribution in [3.8, 4) is 6.07 Å². The lowest BCUT2D eigenvalue weighted by Crippen LogP contribution is -2.10. The number of nitriles is 1. The van der Waals surface area contributed by atoms with Gasteiger partial charge in [0.25, 0.3) is 0 Å². The molecule has 0 aliphatic carbocycles. The second-order valence-electron chi connectivity index (χ2n) is 4.46. The summed E-state index contributed by atoms with van der Waals surface area (Å²) in [5.74, 6) is -0.319. The zero-order chi connectivity index (χ0) is 14.1. The lowest BCUT2D eigenvalue weighted by molar-refractivity contribution is -0.137. The van der Waals surface area contributed by atoms with Crippen molar-refractivity contribution < 1.29 is 9.90 Å². The number of carboxylic acids is 1. The molecule has 5 heteroatoms. The van der Waals surface area contributed by atoms with Crippen molar-refractivity contribution in [3.63, 3.8) is 0 Å². The summed E-state index contributed by atoms with van der Waals surface area (Å²) in [6, 6.07) is 5.52. The quantitative estimate of drug-likeness (QED) is 0.751. The molecule has 0 amide bonds. The number of anilines is 1. The van der Waals surface area contributed by atoms with Gasteiger partial charge in [0, 0.05) is 24.8 Å². The molecule has 2 N–H and O–H groups in total. The predicted molar refractivity (Wildman–Crippen MR) is 72.7 cm³/mol. The van der Waals surface area contributed by atoms with E-state index in [0.29, 0.717) is 18.0 Å². The monoisotopic (exact) mass is 261 g/mol. The summed E-state index contributed by atoms with van der Waals surface area (Å²) < 4.78 is 0. The zero-order valence-electron chi connectivity index (χ0n) is 11.1. The molecule has 0 aliphatic rings. The van der Waals surface area contributed by atoms with Crippen LogP contribution in [0.25, 0.3) is 0 Å². The first kappa shape index (κ1) is 15.0. The minimum atomic E-state index is -0.737. The molecular formula is C14H19N3O2. The van der Waals surface area contributed by atoms with Crippen molar-refractivity contribution in [2.24, 2.45) is 5.92 Å². The Bertz CT molecular complexity index is 454. The SMILES string of the molecule is CCC(CCNc1ccnc(C#N)c1)CCC(=O)O. The van der Waals surface area contributed by atoms with Gasteiger partial charge in [-0.3, -0.25) is 4.79 Å². The van der Waals surface area contributed by atoms with Crippen LogP contribution in [0.5, 0.6) is 0 Å². The second kappa shape index (κ2) is 8.09. The lowest BCUT2D eigenvalue weighted by atomic mass is 9.96. The highest BCUT2D eigenvalue weighted by Crippen LogP contribution is 2.16. The highest BCUT2D eigenvalue weighted by Gasteiger charge is 2.08. The first-order valence-corrected chi connectivity index (χ1v) is 6.47. The van der Waals surface area contributed by atoms with Crippen molar-refractivity contribution in [2.75, 3.05) is 11.9 Å². The number of hydrogen-bond donors (Lipinski definition) is 2. The molecule has 102 valence electrons. The van der Waals surface area contributed by atoms with Gasteiger partial charge in [0.15, 0.2) is 0 Å². The summed E-state index contributed by atoms with van der Waals surface area (Å²) in [6.45, 7) is 2.85. The zero-order valence-corrected chi connectivity index (χ0v) is 11.1. The highest BCUT2D eigenvalue weighted by atomic mass is 16.4. The Morgan fingerprint density at radius 3 is 3.00 bits per heavy atom. The Kier molecular flexibility index (Phi) is 6.37. The maximum absolute atomic E-state index is 10.5. The molecule has 0 aliphatic heterocycles. The van der Waals surface area contributed by atoms with Crippen molar-refractivity contribution in [2.45, 2.75) is 32.6 Å². The molecule has 0 radical (unpaired) electrons. The van der Waals surface area contributed by atoms with E-state index >= 15 is 0 Å². The summed E-state index contributed by atoms with van der Waals surface area (Å²) >= 11 is 0. The van der Waals surface area contributed by atoms with E-state index in [4.69, 9.17) is 10.4 Å². The van der Waals surface area contributed by atoms with Gasteiger partial charge in [-0.2, -0.15) is 5.26 Å². The predicted octanol–water partition coefficient (Wildman–Crippen LogP) is 2.65. The van der Waals surface area contributed by atoms with Crippen LogP contribution in [0.4, 0.5) is 5.69 Å². The molecule has 1 rings (SSSR count). The number of aromatic nitrogens is 1. The standard InChI is InChI=1S/C14H19N3O2/c1-2-11(3-4-14(18)19)5-7-16-12-6-8-17-13(9-12)10-15/h6,8-9,11H,2-5,7H2,1H3,(H,16,17)(H,18,19). The summed E-state index contributed by atoms with van der Waals surface area (Å²) in [5.41, 5.74) is 1.27. The molecule has 1 unspecified atom stereocenters. The summed E-state index contributed by atoms with van der Waals surface area (Å²) in [4.78, 5) is 14.4. The van der Waals surface area contributed by atoms with Crippen molar-refractivity contribution in [1.29, 1.82) is 5.26 Å². The van der Waals surface area contributed by atoms with E-state index in [1.54, 1.807) is 12.3 Å². The normalized spacial score (nSPS) is 11.6. The van der Waals surface area contributed by atoms with Crippen LogP contribution >= 0.6 is 0 Å². The summed E-state index contributed by atoms with van der Waals surface area (Å²) in [6.07, 6.45) is 4.45. The van der Waals surface area contributed by atoms with Crippen LogP contribution in [0, 0.1) is 17.2 Å². The van der Waals surface area contributed by atoms with Gasteiger partial charge in [0.05, 0.1) is 0 Å². The third kappa shape index (κ3) is 5.87. The maximum atomic E-state index is 10.5. The average Bonchev–Trinajstić information content (AvgIpc) is 2.42. The van der Waals surface area contributed by atoms with Gasteiger partial charge in [-0.1, -0.05) is 13.3 Å². The molecule has 0 bridgehead atoms. The van der Waals surface area contributed by atoms with Gasteiger partial charge in [-0.25, -0.2) is 4.98 Å². The molecule has 5 nitrogen and oxygen atoms in total. The first-order chi connectivity index (χ1) is 9.15. The number of nitrogens with zero attached hydrogens (tertiary/aromatic N) is 2. The molecule has 1 atom stereocenters. The van der Waals surface area contributed by atoms with E-state index < -0.39 is 5.97 Å². The van der Waals surface area contributed by atoms with Gasteiger partial charge in [0.1, 0.15) is 11.8 Å². The van der Waals surface area contributed by atoms with Crippen molar-refractivity contribution in [1.82, 2.24) is 4.98 Å². The first-order valence-electron chi connectivity index (χ1n) is 6.47. The molecule has 19 heavy (non-hydrogen) atoms. The van der Waals surface area contributed by atoms with E-state index in [1.807, 2.05) is 12.1 Å². The summed E-state index contributed by atoms with van der Waals surface area (Å²) in [7, 11) is 0. The largest absolute Gasteiger partial charge is 0.481 e. The molecule has 1 heterocycles. The Labute approximate surface area is 113 Å². The fourth-order valence-corrected chi connectivity index (χ4v) is 1.90. The molecular weight excluding hydrogens is 242 g/mol. The van der Waals surface area contributed by atoms with Crippen molar-refractivity contribution >= 4 is 11.7 Å². The van der Waals surface area contributed by atoms with Gasteiger partial charge >= 0.3 is 5.97 Å². The van der Waals surface area contributed by atoms with E-state index in [-0.39, 0.29) is 6.42 Å². The number of carbonyl (C=O) groups is 1. The second-order valence-corrected chi connectivity index (χ2v) is 4.46. The number of hydrogen-bond acceptors (Lipinski definition) is 4. The van der Waals surface area contributed by atoms with Crippen LogP contribution in [0.15, 0.2) is 18.3 Å². The molecule has 0 saturated carbocycles. The molecule has 0 fully saturated rings. The molecule has 1 aromatic rings. The summed E-state index contributed by atoms with van der Waals surface area (Å²) in [5, 5.41) is 20.6. The number of aliphatic carboxylic acids is 1. The fraction of sp³-hybridized carbons (Fsp3) is 0.500. The third-order valence-electron chi connectivity index (χ3n) is 3.10. The highest BCUT2D eigenvalue weighted by molar-refractivity contribution is 5.66. The van der Waals surface area contributed by atoms with Gasteiger partial charge < -0.3 is 10.4 Å². The molecule has 0 saturated heterocycles. The van der Waals surface area contributed by atoms with Crippen LogP contribution in [-0.2, 0) is 4.79 Å². The van der Waals surface area contributed by atoms with E-state index in [9.17, 15) is 4.79 Å². The Morgan fingerprint density at radius 1 is 1.58 bits per heavy atom.